The fourth-order valence-electron chi connectivity index (χ4n) is 7.86. The van der Waals surface area contributed by atoms with Crippen molar-refractivity contribution in [3.63, 3.8) is 0 Å². The first kappa shape index (κ1) is 32.4. The lowest BCUT2D eigenvalue weighted by Crippen LogP contribution is -2.60. The first-order valence-electron chi connectivity index (χ1n) is 16.3. The maximum absolute atomic E-state index is 14.5. The maximum atomic E-state index is 14.5. The molecule has 4 aliphatic rings. The molecule has 4 N–H and O–H groups in total. The number of nitrogens with zero attached hydrogens (tertiary/aromatic N) is 1. The van der Waals surface area contributed by atoms with Crippen LogP contribution in [-0.2, 0) is 32.0 Å². The van der Waals surface area contributed by atoms with Crippen molar-refractivity contribution in [3.8, 4) is 0 Å². The van der Waals surface area contributed by atoms with E-state index in [-0.39, 0.29) is 54.1 Å². The second-order valence-electron chi connectivity index (χ2n) is 13.7. The Hall–Kier alpha value is -3.95. The monoisotopic (exact) mass is 617 g/mol. The van der Waals surface area contributed by atoms with Crippen LogP contribution in [0.3, 0.4) is 0 Å². The average molecular weight is 618 g/mol. The molecule has 1 aromatic carbocycles. The highest BCUT2D eigenvalue weighted by Crippen LogP contribution is 2.65. The van der Waals surface area contributed by atoms with Crippen molar-refractivity contribution in [1.29, 1.82) is 0 Å². The minimum atomic E-state index is -1.06. The number of piperidine rings is 1. The third-order valence-corrected chi connectivity index (χ3v) is 10.5. The van der Waals surface area contributed by atoms with Gasteiger partial charge in [0, 0.05) is 19.1 Å². The van der Waals surface area contributed by atoms with Crippen molar-refractivity contribution in [2.75, 3.05) is 13.1 Å². The Morgan fingerprint density at radius 2 is 1.67 bits per heavy atom. The van der Waals surface area contributed by atoms with Crippen LogP contribution in [0.25, 0.3) is 0 Å². The second kappa shape index (κ2) is 13.6. The summed E-state index contributed by atoms with van der Waals surface area (Å²) in [4.78, 5) is 69.0. The van der Waals surface area contributed by atoms with Crippen molar-refractivity contribution in [2.45, 2.75) is 89.4 Å². The molecule has 1 saturated heterocycles. The Labute approximate surface area is 265 Å². The van der Waals surface area contributed by atoms with E-state index >= 15 is 0 Å². The van der Waals surface area contributed by atoms with Gasteiger partial charge in [0.1, 0.15) is 12.1 Å². The molecule has 3 aliphatic carbocycles. The average Bonchev–Trinajstić information content (AvgIpc) is 3.59. The topological polar surface area (TPSA) is 137 Å². The summed E-state index contributed by atoms with van der Waals surface area (Å²) in [6.07, 6.45) is 9.01. The normalized spacial score (nSPS) is 24.5. The van der Waals surface area contributed by atoms with E-state index in [4.69, 9.17) is 0 Å². The third kappa shape index (κ3) is 6.84. The summed E-state index contributed by atoms with van der Waals surface area (Å²) in [5, 5.41) is 11.4. The number of urea groups is 1. The molecule has 1 aliphatic heterocycles. The SMILES string of the molecule is C=CCCC(NC(=O)C1C2C(CN1C(=O)C(NC(=O)NC1CCCC1)C1Cc3ccccc3C1)C2(C)C)C(=O)C(=O)NCC=C. The number of likely N-dealkylation sites (tertiary alicyclic amines) is 1. The minimum Gasteiger partial charge on any atom is -0.346 e. The standard InChI is InChI=1S/C35H47N5O5/c1-5-7-16-26(30(41)32(43)36-17-6-2)38-31(42)29-27-25(35(27,3)4)20-40(29)33(44)28(39-34(45)37-24-14-10-11-15-24)23-18-21-12-8-9-13-22(21)19-23/h5-6,8-9,12-13,23-29H,1-2,7,10-11,14-20H2,3-4H3,(H,36,43)(H,38,42)(H2,37,39,45). The molecule has 5 atom stereocenters. The number of carbonyl (C=O) groups is 5. The fraction of sp³-hybridized carbons (Fsp3) is 0.571. The van der Waals surface area contributed by atoms with Crippen molar-refractivity contribution in [1.82, 2.24) is 26.2 Å². The van der Waals surface area contributed by atoms with E-state index in [0.717, 1.165) is 36.8 Å². The highest BCUT2D eigenvalue weighted by atomic mass is 16.2. The summed E-state index contributed by atoms with van der Waals surface area (Å²) in [7, 11) is 0. The van der Waals surface area contributed by atoms with Gasteiger partial charge >= 0.3 is 6.03 Å². The highest BCUT2D eigenvalue weighted by molar-refractivity contribution is 6.38. The Bertz CT molecular complexity index is 1330. The summed E-state index contributed by atoms with van der Waals surface area (Å²) in [6, 6.07) is 5.12. The molecule has 5 amide bonds. The third-order valence-electron chi connectivity index (χ3n) is 10.5. The van der Waals surface area contributed by atoms with Crippen molar-refractivity contribution in [2.24, 2.45) is 23.2 Å². The van der Waals surface area contributed by atoms with Gasteiger partial charge in [0.15, 0.2) is 0 Å². The molecule has 10 heteroatoms. The zero-order valence-corrected chi connectivity index (χ0v) is 26.5. The molecule has 5 unspecified atom stereocenters. The molecule has 3 fully saturated rings. The van der Waals surface area contributed by atoms with Crippen LogP contribution in [0.5, 0.6) is 0 Å². The lowest BCUT2D eigenvalue weighted by molar-refractivity contribution is -0.144. The lowest BCUT2D eigenvalue weighted by Gasteiger charge is -2.35. The number of benzene rings is 1. The molecule has 45 heavy (non-hydrogen) atoms. The number of Topliss-reactive ketones (excluding diaryl/α,β-unsaturated/α-hetero) is 1. The largest absolute Gasteiger partial charge is 0.346 e. The summed E-state index contributed by atoms with van der Waals surface area (Å²) in [6.45, 7) is 12.0. The lowest BCUT2D eigenvalue weighted by atomic mass is 9.93. The number of amides is 5. The van der Waals surface area contributed by atoms with Gasteiger partial charge in [-0.25, -0.2) is 4.79 Å². The summed E-state index contributed by atoms with van der Waals surface area (Å²) < 4.78 is 0. The minimum absolute atomic E-state index is 0.0917. The van der Waals surface area contributed by atoms with Gasteiger partial charge in [0.2, 0.25) is 17.6 Å². The fourth-order valence-corrected chi connectivity index (χ4v) is 7.86. The molecule has 10 nitrogen and oxygen atoms in total. The van der Waals surface area contributed by atoms with E-state index < -0.39 is 35.7 Å². The van der Waals surface area contributed by atoms with Gasteiger partial charge in [0.25, 0.3) is 5.91 Å². The smallest absolute Gasteiger partial charge is 0.315 e. The van der Waals surface area contributed by atoms with Crippen LogP contribution in [0.2, 0.25) is 0 Å². The quantitative estimate of drug-likeness (QED) is 0.199. The zero-order chi connectivity index (χ0) is 32.3. The molecule has 1 aromatic rings. The molecule has 242 valence electrons. The van der Waals surface area contributed by atoms with Crippen LogP contribution >= 0.6 is 0 Å². The molecular weight excluding hydrogens is 570 g/mol. The van der Waals surface area contributed by atoms with Gasteiger partial charge < -0.3 is 26.2 Å². The van der Waals surface area contributed by atoms with E-state index in [9.17, 15) is 24.0 Å². The summed E-state index contributed by atoms with van der Waals surface area (Å²) in [5.74, 6) is -2.43. The van der Waals surface area contributed by atoms with Crippen LogP contribution in [0.15, 0.2) is 49.6 Å². The highest BCUT2D eigenvalue weighted by Gasteiger charge is 2.69. The Morgan fingerprint density at radius 3 is 2.29 bits per heavy atom. The van der Waals surface area contributed by atoms with E-state index in [0.29, 0.717) is 25.8 Å². The van der Waals surface area contributed by atoms with Gasteiger partial charge in [-0.05, 0) is 72.8 Å². The Morgan fingerprint density at radius 1 is 1.00 bits per heavy atom. The van der Waals surface area contributed by atoms with Gasteiger partial charge in [-0.15, -0.1) is 13.2 Å². The number of ketones is 1. The number of hydrogen-bond acceptors (Lipinski definition) is 5. The molecule has 0 aromatic heterocycles. The van der Waals surface area contributed by atoms with E-state index in [1.54, 1.807) is 11.0 Å². The van der Waals surface area contributed by atoms with Crippen LogP contribution in [0.1, 0.15) is 63.5 Å². The first-order chi connectivity index (χ1) is 21.6. The first-order valence-corrected chi connectivity index (χ1v) is 16.3. The van der Waals surface area contributed by atoms with Gasteiger partial charge in [-0.3, -0.25) is 19.2 Å². The zero-order valence-electron chi connectivity index (χ0n) is 26.5. The number of rotatable bonds is 13. The summed E-state index contributed by atoms with van der Waals surface area (Å²) >= 11 is 0. The van der Waals surface area contributed by atoms with Crippen molar-refractivity contribution < 1.29 is 24.0 Å². The molecule has 5 rings (SSSR count). The predicted molar refractivity (Wildman–Crippen MR) is 171 cm³/mol. The Kier molecular flexibility index (Phi) is 9.79. The Balaban J connectivity index is 1.37. The number of fused-ring (bicyclic) bond motifs is 2. The second-order valence-corrected chi connectivity index (χ2v) is 13.7. The van der Waals surface area contributed by atoms with Crippen molar-refractivity contribution in [3.05, 3.63) is 60.7 Å². The molecule has 0 spiro atoms. The predicted octanol–water partition coefficient (Wildman–Crippen LogP) is 2.82. The van der Waals surface area contributed by atoms with Gasteiger partial charge in [-0.1, -0.05) is 63.1 Å². The van der Waals surface area contributed by atoms with Crippen LogP contribution < -0.4 is 21.3 Å². The molecule has 0 bridgehead atoms. The number of hydrogen-bond donors (Lipinski definition) is 4. The van der Waals surface area contributed by atoms with Gasteiger partial charge in [-0.2, -0.15) is 0 Å². The van der Waals surface area contributed by atoms with Crippen LogP contribution in [-0.4, -0.2) is 71.7 Å². The number of carbonyl (C=O) groups excluding carboxylic acids is 5. The van der Waals surface area contributed by atoms with Crippen LogP contribution in [0, 0.1) is 23.2 Å². The maximum Gasteiger partial charge on any atom is 0.315 e. The van der Waals surface area contributed by atoms with Gasteiger partial charge in [0.05, 0.1) is 6.04 Å². The molecule has 0 radical (unpaired) electrons. The van der Waals surface area contributed by atoms with Crippen molar-refractivity contribution >= 4 is 29.5 Å². The van der Waals surface area contributed by atoms with Crippen LogP contribution in [0.4, 0.5) is 4.79 Å². The molecular formula is C35H47N5O5. The number of nitrogens with one attached hydrogen (secondary N) is 4. The molecule has 1 heterocycles. The summed E-state index contributed by atoms with van der Waals surface area (Å²) in [5.41, 5.74) is 2.17. The van der Waals surface area contributed by atoms with E-state index in [1.165, 1.54) is 6.08 Å². The van der Waals surface area contributed by atoms with E-state index in [2.05, 4.69) is 60.4 Å². The van der Waals surface area contributed by atoms with E-state index in [1.807, 2.05) is 12.1 Å². The number of allylic oxidation sites excluding steroid dienone is 1. The molecule has 2 saturated carbocycles.